The van der Waals surface area contributed by atoms with Crippen LogP contribution in [-0.4, -0.2) is 5.78 Å². The van der Waals surface area contributed by atoms with E-state index in [1.54, 1.807) is 0 Å². The standard InChI is InChI=1S/C15H11BrO/c1-2-9-3-5-11-12-6-4-10(16)8-14(12)15(17)13(11)7-9/h3-8H,2H2,1H3. The molecule has 0 atom stereocenters. The predicted octanol–water partition coefficient (Wildman–Crippen LogP) is 4.22. The van der Waals surface area contributed by atoms with E-state index in [-0.39, 0.29) is 5.78 Å². The van der Waals surface area contributed by atoms with Crippen LogP contribution >= 0.6 is 15.9 Å². The van der Waals surface area contributed by atoms with Gasteiger partial charge in [-0.1, -0.05) is 41.1 Å². The molecule has 0 aromatic heterocycles. The Morgan fingerprint density at radius 1 is 0.941 bits per heavy atom. The van der Waals surface area contributed by atoms with Crippen LogP contribution in [0.2, 0.25) is 0 Å². The van der Waals surface area contributed by atoms with Crippen LogP contribution in [0, 0.1) is 0 Å². The van der Waals surface area contributed by atoms with Crippen LogP contribution < -0.4 is 0 Å². The molecular weight excluding hydrogens is 276 g/mol. The molecule has 0 fully saturated rings. The maximum Gasteiger partial charge on any atom is 0.194 e. The Morgan fingerprint density at radius 3 is 2.29 bits per heavy atom. The Labute approximate surface area is 109 Å². The fourth-order valence-corrected chi connectivity index (χ4v) is 2.68. The molecule has 2 aromatic rings. The van der Waals surface area contributed by atoms with Crippen molar-refractivity contribution in [3.8, 4) is 11.1 Å². The molecule has 0 amide bonds. The normalized spacial score (nSPS) is 12.5. The van der Waals surface area contributed by atoms with Crippen LogP contribution in [0.15, 0.2) is 40.9 Å². The first-order valence-corrected chi connectivity index (χ1v) is 6.47. The van der Waals surface area contributed by atoms with Crippen LogP contribution in [0.25, 0.3) is 11.1 Å². The van der Waals surface area contributed by atoms with Crippen molar-refractivity contribution in [3.63, 3.8) is 0 Å². The van der Waals surface area contributed by atoms with Gasteiger partial charge in [0, 0.05) is 15.6 Å². The lowest BCUT2D eigenvalue weighted by atomic mass is 10.0. The first kappa shape index (κ1) is 10.7. The van der Waals surface area contributed by atoms with Crippen molar-refractivity contribution in [2.24, 2.45) is 0 Å². The molecule has 0 unspecified atom stereocenters. The average molecular weight is 287 g/mol. The first-order chi connectivity index (χ1) is 8.20. The topological polar surface area (TPSA) is 17.1 Å². The van der Waals surface area contributed by atoms with Crippen molar-refractivity contribution in [2.45, 2.75) is 13.3 Å². The second kappa shape index (κ2) is 3.81. The Kier molecular flexibility index (Phi) is 2.40. The lowest BCUT2D eigenvalue weighted by molar-refractivity contribution is 0.104. The highest BCUT2D eigenvalue weighted by Gasteiger charge is 2.26. The molecule has 1 aliphatic carbocycles. The van der Waals surface area contributed by atoms with Crippen molar-refractivity contribution in [1.29, 1.82) is 0 Å². The molecule has 17 heavy (non-hydrogen) atoms. The molecule has 3 rings (SSSR count). The summed E-state index contributed by atoms with van der Waals surface area (Å²) < 4.78 is 0.952. The number of aryl methyl sites for hydroxylation is 1. The highest BCUT2D eigenvalue weighted by atomic mass is 79.9. The monoisotopic (exact) mass is 286 g/mol. The van der Waals surface area contributed by atoms with E-state index in [1.807, 2.05) is 24.3 Å². The molecule has 2 aromatic carbocycles. The Hall–Kier alpha value is -1.41. The summed E-state index contributed by atoms with van der Waals surface area (Å²) in [4.78, 5) is 12.3. The highest BCUT2D eigenvalue weighted by molar-refractivity contribution is 9.10. The van der Waals surface area contributed by atoms with Crippen LogP contribution in [-0.2, 0) is 6.42 Å². The van der Waals surface area contributed by atoms with Gasteiger partial charge in [0.1, 0.15) is 0 Å². The van der Waals surface area contributed by atoms with Crippen molar-refractivity contribution < 1.29 is 4.79 Å². The molecular formula is C15H11BrO. The third-order valence-electron chi connectivity index (χ3n) is 3.25. The molecule has 0 saturated carbocycles. The largest absolute Gasteiger partial charge is 0.289 e. The van der Waals surface area contributed by atoms with Crippen molar-refractivity contribution >= 4 is 21.7 Å². The number of fused-ring (bicyclic) bond motifs is 3. The fraction of sp³-hybridized carbons (Fsp3) is 0.133. The molecule has 0 N–H and O–H groups in total. The Bertz CT molecular complexity index is 629. The minimum Gasteiger partial charge on any atom is -0.289 e. The van der Waals surface area contributed by atoms with E-state index in [2.05, 4.69) is 35.0 Å². The predicted molar refractivity (Wildman–Crippen MR) is 72.4 cm³/mol. The van der Waals surface area contributed by atoms with E-state index in [1.165, 1.54) is 5.56 Å². The molecule has 2 heteroatoms. The van der Waals surface area contributed by atoms with Gasteiger partial charge in [0.05, 0.1) is 0 Å². The zero-order valence-corrected chi connectivity index (χ0v) is 11.0. The molecule has 0 bridgehead atoms. The molecule has 84 valence electrons. The minimum atomic E-state index is 0.145. The van der Waals surface area contributed by atoms with E-state index in [0.29, 0.717) is 0 Å². The number of rotatable bonds is 1. The summed E-state index contributed by atoms with van der Waals surface area (Å²) in [6, 6.07) is 12.1. The van der Waals surface area contributed by atoms with E-state index >= 15 is 0 Å². The number of carbonyl (C=O) groups is 1. The number of halogens is 1. The quantitative estimate of drug-likeness (QED) is 0.655. The Morgan fingerprint density at radius 2 is 1.59 bits per heavy atom. The lowest BCUT2D eigenvalue weighted by Crippen LogP contribution is -1.95. The number of hydrogen-bond donors (Lipinski definition) is 0. The summed E-state index contributed by atoms with van der Waals surface area (Å²) in [7, 11) is 0. The van der Waals surface area contributed by atoms with Gasteiger partial charge in [-0.2, -0.15) is 0 Å². The van der Waals surface area contributed by atoms with Gasteiger partial charge in [0.25, 0.3) is 0 Å². The summed E-state index contributed by atoms with van der Waals surface area (Å²) >= 11 is 3.41. The third kappa shape index (κ3) is 1.55. The summed E-state index contributed by atoms with van der Waals surface area (Å²) in [6.07, 6.45) is 0.959. The van der Waals surface area contributed by atoms with Gasteiger partial charge in [-0.3, -0.25) is 4.79 Å². The van der Waals surface area contributed by atoms with Crippen molar-refractivity contribution in [1.82, 2.24) is 0 Å². The van der Waals surface area contributed by atoms with Crippen molar-refractivity contribution in [2.75, 3.05) is 0 Å². The zero-order chi connectivity index (χ0) is 12.0. The molecule has 0 aliphatic heterocycles. The fourth-order valence-electron chi connectivity index (χ4n) is 2.32. The van der Waals surface area contributed by atoms with Gasteiger partial charge < -0.3 is 0 Å². The second-order valence-electron chi connectivity index (χ2n) is 4.25. The lowest BCUT2D eigenvalue weighted by Gasteiger charge is -2.01. The summed E-state index contributed by atoms with van der Waals surface area (Å²) in [6.45, 7) is 2.10. The van der Waals surface area contributed by atoms with Gasteiger partial charge >= 0.3 is 0 Å². The second-order valence-corrected chi connectivity index (χ2v) is 5.17. The number of benzene rings is 2. The first-order valence-electron chi connectivity index (χ1n) is 5.68. The van der Waals surface area contributed by atoms with Gasteiger partial charge in [0.15, 0.2) is 5.78 Å². The average Bonchev–Trinajstić information content (AvgIpc) is 2.62. The maximum absolute atomic E-state index is 12.3. The molecule has 1 aliphatic rings. The Balaban J connectivity index is 2.27. The summed E-state index contributed by atoms with van der Waals surface area (Å²) in [5.41, 5.74) is 4.98. The number of ketones is 1. The molecule has 0 spiro atoms. The van der Waals surface area contributed by atoms with Crippen LogP contribution in [0.5, 0.6) is 0 Å². The molecule has 0 radical (unpaired) electrons. The van der Waals surface area contributed by atoms with E-state index in [9.17, 15) is 4.79 Å². The van der Waals surface area contributed by atoms with E-state index in [4.69, 9.17) is 0 Å². The van der Waals surface area contributed by atoms with Gasteiger partial charge in [-0.25, -0.2) is 0 Å². The van der Waals surface area contributed by atoms with E-state index in [0.717, 1.165) is 33.1 Å². The maximum atomic E-state index is 12.3. The molecule has 0 saturated heterocycles. The van der Waals surface area contributed by atoms with Crippen molar-refractivity contribution in [3.05, 3.63) is 57.6 Å². The SMILES string of the molecule is CCc1ccc2c(c1)C(=O)c1cc(Br)ccc1-2. The number of carbonyl (C=O) groups excluding carboxylic acids is 1. The summed E-state index contributed by atoms with van der Waals surface area (Å²) in [5.74, 6) is 0.145. The molecule has 0 heterocycles. The minimum absolute atomic E-state index is 0.145. The van der Waals surface area contributed by atoms with Gasteiger partial charge in [-0.05, 0) is 41.3 Å². The number of hydrogen-bond acceptors (Lipinski definition) is 1. The smallest absolute Gasteiger partial charge is 0.194 e. The van der Waals surface area contributed by atoms with Crippen LogP contribution in [0.4, 0.5) is 0 Å². The zero-order valence-electron chi connectivity index (χ0n) is 9.46. The van der Waals surface area contributed by atoms with Gasteiger partial charge in [0.2, 0.25) is 0 Å². The van der Waals surface area contributed by atoms with Gasteiger partial charge in [-0.15, -0.1) is 0 Å². The third-order valence-corrected chi connectivity index (χ3v) is 3.75. The van der Waals surface area contributed by atoms with E-state index < -0.39 is 0 Å². The summed E-state index contributed by atoms with van der Waals surface area (Å²) in [5, 5.41) is 0. The molecule has 1 nitrogen and oxygen atoms in total. The van der Waals surface area contributed by atoms with Crippen LogP contribution in [0.3, 0.4) is 0 Å². The van der Waals surface area contributed by atoms with Crippen LogP contribution in [0.1, 0.15) is 28.4 Å². The highest BCUT2D eigenvalue weighted by Crippen LogP contribution is 2.38.